The lowest BCUT2D eigenvalue weighted by Crippen LogP contribution is -2.33. The summed E-state index contributed by atoms with van der Waals surface area (Å²) in [5.74, 6) is -2.93. The van der Waals surface area contributed by atoms with Gasteiger partial charge in [0.05, 0.1) is 0 Å². The lowest BCUT2D eigenvalue weighted by Gasteiger charge is -2.12. The standard InChI is InChI=1S/C20H15F4N3O3/c1-11-14(21)7-13(18(28)25-10-20(22,23)24)8-15(11)26-19(29)17-9-16(27-30-17)12-5-3-2-4-6-12/h2-9H,10H2,1H3,(H,25,28)(H,26,29). The van der Waals surface area contributed by atoms with Crippen LogP contribution in [0.3, 0.4) is 0 Å². The van der Waals surface area contributed by atoms with Crippen LogP contribution < -0.4 is 10.6 Å². The third-order valence-electron chi connectivity index (χ3n) is 4.11. The van der Waals surface area contributed by atoms with Crippen LogP contribution in [-0.4, -0.2) is 29.7 Å². The number of nitrogens with zero attached hydrogens (tertiary/aromatic N) is 1. The summed E-state index contributed by atoms with van der Waals surface area (Å²) >= 11 is 0. The molecule has 2 amide bonds. The van der Waals surface area contributed by atoms with Gasteiger partial charge >= 0.3 is 6.18 Å². The first kappa shape index (κ1) is 21.0. The summed E-state index contributed by atoms with van der Waals surface area (Å²) in [6.07, 6.45) is -4.61. The number of alkyl halides is 3. The SMILES string of the molecule is Cc1c(F)cc(C(=O)NCC(F)(F)F)cc1NC(=O)c1cc(-c2ccccc2)no1. The van der Waals surface area contributed by atoms with Crippen LogP contribution in [0.4, 0.5) is 23.2 Å². The Hall–Kier alpha value is -3.69. The van der Waals surface area contributed by atoms with Crippen molar-refractivity contribution in [2.75, 3.05) is 11.9 Å². The Morgan fingerprint density at radius 3 is 2.43 bits per heavy atom. The quantitative estimate of drug-likeness (QED) is 0.601. The second-order valence-electron chi connectivity index (χ2n) is 6.33. The molecule has 3 aromatic rings. The third kappa shape index (κ3) is 5.02. The van der Waals surface area contributed by atoms with Crippen molar-refractivity contribution in [3.8, 4) is 11.3 Å². The van der Waals surface area contributed by atoms with Crippen LogP contribution in [0.25, 0.3) is 11.3 Å². The van der Waals surface area contributed by atoms with Crippen LogP contribution in [0.1, 0.15) is 26.5 Å². The molecule has 2 aromatic carbocycles. The predicted octanol–water partition coefficient (Wildman–Crippen LogP) is 4.33. The van der Waals surface area contributed by atoms with Crippen LogP contribution in [-0.2, 0) is 0 Å². The molecule has 2 N–H and O–H groups in total. The van der Waals surface area contributed by atoms with E-state index < -0.39 is 30.4 Å². The van der Waals surface area contributed by atoms with E-state index in [2.05, 4.69) is 10.5 Å². The van der Waals surface area contributed by atoms with Gasteiger partial charge in [0.25, 0.3) is 11.8 Å². The van der Waals surface area contributed by atoms with Crippen molar-refractivity contribution >= 4 is 17.5 Å². The van der Waals surface area contributed by atoms with Crippen LogP contribution in [0, 0.1) is 12.7 Å². The number of aromatic nitrogens is 1. The highest BCUT2D eigenvalue weighted by molar-refractivity contribution is 6.04. The van der Waals surface area contributed by atoms with Crippen molar-refractivity contribution < 1.29 is 31.7 Å². The molecule has 0 atom stereocenters. The van der Waals surface area contributed by atoms with Gasteiger partial charge in [-0.3, -0.25) is 9.59 Å². The van der Waals surface area contributed by atoms with Gasteiger partial charge in [-0.05, 0) is 19.1 Å². The van der Waals surface area contributed by atoms with Gasteiger partial charge in [-0.2, -0.15) is 13.2 Å². The van der Waals surface area contributed by atoms with Crippen molar-refractivity contribution in [2.24, 2.45) is 0 Å². The van der Waals surface area contributed by atoms with Crippen molar-refractivity contribution in [1.29, 1.82) is 0 Å². The second kappa shape index (κ2) is 8.36. The number of benzene rings is 2. The summed E-state index contributed by atoms with van der Waals surface area (Å²) in [6, 6.07) is 12.2. The summed E-state index contributed by atoms with van der Waals surface area (Å²) in [6.45, 7) is -0.221. The Morgan fingerprint density at radius 2 is 1.77 bits per heavy atom. The molecule has 10 heteroatoms. The molecular formula is C20H15F4N3O3. The molecule has 30 heavy (non-hydrogen) atoms. The molecule has 0 aliphatic carbocycles. The molecule has 1 aromatic heterocycles. The predicted molar refractivity (Wildman–Crippen MR) is 99.4 cm³/mol. The fourth-order valence-electron chi connectivity index (χ4n) is 2.53. The maximum atomic E-state index is 14.2. The molecule has 3 rings (SSSR count). The van der Waals surface area contributed by atoms with E-state index in [0.717, 1.165) is 12.1 Å². The van der Waals surface area contributed by atoms with Crippen molar-refractivity contribution in [2.45, 2.75) is 13.1 Å². The zero-order chi connectivity index (χ0) is 21.9. The summed E-state index contributed by atoms with van der Waals surface area (Å²) in [5.41, 5.74) is 0.656. The second-order valence-corrected chi connectivity index (χ2v) is 6.33. The molecule has 6 nitrogen and oxygen atoms in total. The highest BCUT2D eigenvalue weighted by Crippen LogP contribution is 2.23. The van der Waals surface area contributed by atoms with E-state index in [-0.39, 0.29) is 22.6 Å². The monoisotopic (exact) mass is 421 g/mol. The minimum atomic E-state index is -4.61. The van der Waals surface area contributed by atoms with Gasteiger partial charge < -0.3 is 15.2 Å². The number of hydrogen-bond acceptors (Lipinski definition) is 4. The molecule has 0 aliphatic heterocycles. The first-order valence-corrected chi connectivity index (χ1v) is 8.62. The first-order chi connectivity index (χ1) is 14.1. The molecule has 0 fully saturated rings. The zero-order valence-corrected chi connectivity index (χ0v) is 15.5. The Balaban J connectivity index is 1.79. The Bertz CT molecular complexity index is 1080. The molecule has 0 radical (unpaired) electrons. The van der Waals surface area contributed by atoms with Gasteiger partial charge in [-0.15, -0.1) is 0 Å². The minimum Gasteiger partial charge on any atom is -0.350 e. The van der Waals surface area contributed by atoms with Gasteiger partial charge in [0, 0.05) is 28.4 Å². The fourth-order valence-corrected chi connectivity index (χ4v) is 2.53. The van der Waals surface area contributed by atoms with E-state index in [1.54, 1.807) is 29.6 Å². The largest absolute Gasteiger partial charge is 0.405 e. The fraction of sp³-hybridized carbons (Fsp3) is 0.150. The number of anilines is 1. The van der Waals surface area contributed by atoms with E-state index in [4.69, 9.17) is 4.52 Å². The van der Waals surface area contributed by atoms with Crippen LogP contribution in [0.5, 0.6) is 0 Å². The number of hydrogen-bond donors (Lipinski definition) is 2. The molecule has 0 saturated heterocycles. The van der Waals surface area contributed by atoms with Crippen LogP contribution in [0.2, 0.25) is 0 Å². The number of carbonyl (C=O) groups is 2. The summed E-state index contributed by atoms with van der Waals surface area (Å²) in [5, 5.41) is 7.83. The maximum Gasteiger partial charge on any atom is 0.405 e. The average molecular weight is 421 g/mol. The molecule has 0 unspecified atom stereocenters. The van der Waals surface area contributed by atoms with Crippen molar-refractivity contribution in [1.82, 2.24) is 10.5 Å². The first-order valence-electron chi connectivity index (χ1n) is 8.62. The van der Waals surface area contributed by atoms with E-state index in [1.165, 1.54) is 13.0 Å². The minimum absolute atomic E-state index is 0.00137. The zero-order valence-electron chi connectivity index (χ0n) is 15.5. The van der Waals surface area contributed by atoms with Crippen molar-refractivity contribution in [3.63, 3.8) is 0 Å². The van der Waals surface area contributed by atoms with Gasteiger partial charge in [-0.1, -0.05) is 35.5 Å². The van der Waals surface area contributed by atoms with E-state index >= 15 is 0 Å². The van der Waals surface area contributed by atoms with Gasteiger partial charge in [0.2, 0.25) is 5.76 Å². The lowest BCUT2D eigenvalue weighted by atomic mass is 10.1. The molecule has 1 heterocycles. The Kier molecular flexibility index (Phi) is 5.86. The highest BCUT2D eigenvalue weighted by atomic mass is 19.4. The normalized spacial score (nSPS) is 11.2. The van der Waals surface area contributed by atoms with Crippen molar-refractivity contribution in [3.05, 3.63) is 71.2 Å². The summed E-state index contributed by atoms with van der Waals surface area (Å²) in [7, 11) is 0. The number of amides is 2. The van der Waals surface area contributed by atoms with Crippen LogP contribution >= 0.6 is 0 Å². The number of halogens is 4. The molecule has 0 aliphatic rings. The van der Waals surface area contributed by atoms with E-state index in [9.17, 15) is 27.2 Å². The molecular weight excluding hydrogens is 406 g/mol. The Labute approximate surface area is 167 Å². The average Bonchev–Trinajstić information content (AvgIpc) is 3.20. The topological polar surface area (TPSA) is 84.2 Å². The van der Waals surface area contributed by atoms with Crippen LogP contribution in [0.15, 0.2) is 53.1 Å². The number of rotatable bonds is 5. The summed E-state index contributed by atoms with van der Waals surface area (Å²) in [4.78, 5) is 24.3. The third-order valence-corrected chi connectivity index (χ3v) is 4.11. The lowest BCUT2D eigenvalue weighted by molar-refractivity contribution is -0.123. The van der Waals surface area contributed by atoms with E-state index in [0.29, 0.717) is 11.3 Å². The smallest absolute Gasteiger partial charge is 0.350 e. The Morgan fingerprint density at radius 1 is 1.07 bits per heavy atom. The molecule has 156 valence electrons. The number of carbonyl (C=O) groups excluding carboxylic acids is 2. The van der Waals surface area contributed by atoms with Gasteiger partial charge in [0.1, 0.15) is 18.1 Å². The molecule has 0 spiro atoms. The maximum absolute atomic E-state index is 14.2. The molecule has 0 saturated carbocycles. The highest BCUT2D eigenvalue weighted by Gasteiger charge is 2.28. The van der Waals surface area contributed by atoms with Gasteiger partial charge in [-0.25, -0.2) is 4.39 Å². The number of nitrogens with one attached hydrogen (secondary N) is 2. The summed E-state index contributed by atoms with van der Waals surface area (Å²) < 4.78 is 56.0. The van der Waals surface area contributed by atoms with Gasteiger partial charge in [0.15, 0.2) is 0 Å². The molecule has 0 bridgehead atoms. The van der Waals surface area contributed by atoms with E-state index in [1.807, 2.05) is 6.07 Å².